The van der Waals surface area contributed by atoms with Crippen LogP contribution in [0.5, 0.6) is 0 Å². The number of hydrogen-bond acceptors (Lipinski definition) is 15. The minimum absolute atomic E-state index is 0.104. The Morgan fingerprint density at radius 1 is 0.309 bits per heavy atom. The number of phosphoric ester groups is 2. The van der Waals surface area contributed by atoms with Gasteiger partial charge in [-0.1, -0.05) is 331 Å². The fourth-order valence-corrected chi connectivity index (χ4v) is 12.9. The van der Waals surface area contributed by atoms with Crippen molar-refractivity contribution in [2.24, 2.45) is 17.8 Å². The highest BCUT2D eigenvalue weighted by Crippen LogP contribution is 2.45. The molecule has 4 unspecified atom stereocenters. The SMILES string of the molecule is CCCCCCCCCC(=O)OC[C@H](COP(=O)(O)OC[C@H](O)COP(=O)(O)OC[C@@H](COC(=O)CCCCCCCCCCCCC(C)C)OC(=O)CCCCCCCCCCCCCCCCCCCCC(C)CC)OC(=O)CCCCCCCCCCC(C)CC. The fraction of sp³-hybridized carbons (Fsp3) is 0.947. The molecule has 0 aromatic heterocycles. The van der Waals surface area contributed by atoms with Gasteiger partial charge in [0.25, 0.3) is 0 Å². The largest absolute Gasteiger partial charge is 0.472 e. The number of rotatable bonds is 73. The van der Waals surface area contributed by atoms with Gasteiger partial charge in [0, 0.05) is 25.7 Å². The molecule has 7 atom stereocenters. The summed E-state index contributed by atoms with van der Waals surface area (Å²) < 4.78 is 68.3. The van der Waals surface area contributed by atoms with Crippen LogP contribution in [0.25, 0.3) is 0 Å². The van der Waals surface area contributed by atoms with Gasteiger partial charge in [0.2, 0.25) is 0 Å². The van der Waals surface area contributed by atoms with E-state index in [1.807, 2.05) is 0 Å². The molecule has 558 valence electrons. The van der Waals surface area contributed by atoms with Crippen LogP contribution in [0.1, 0.15) is 382 Å². The molecular weight excluding hydrogens is 1230 g/mol. The van der Waals surface area contributed by atoms with E-state index in [0.29, 0.717) is 25.7 Å². The van der Waals surface area contributed by atoms with Gasteiger partial charge < -0.3 is 33.8 Å². The number of aliphatic hydroxyl groups is 1. The second-order valence-corrected chi connectivity index (χ2v) is 30.9. The molecule has 0 aliphatic heterocycles. The molecular formula is C75H146O17P2. The molecule has 17 nitrogen and oxygen atoms in total. The Kier molecular flexibility index (Phi) is 64.3. The van der Waals surface area contributed by atoms with E-state index in [1.54, 1.807) is 0 Å². The molecule has 0 amide bonds. The van der Waals surface area contributed by atoms with Gasteiger partial charge in [-0.05, 0) is 43.4 Å². The summed E-state index contributed by atoms with van der Waals surface area (Å²) in [6, 6.07) is 0. The van der Waals surface area contributed by atoms with Crippen molar-refractivity contribution in [2.75, 3.05) is 39.6 Å². The average Bonchev–Trinajstić information content (AvgIpc) is 1.26. The Bertz CT molecular complexity index is 1840. The van der Waals surface area contributed by atoms with E-state index in [0.717, 1.165) is 120 Å². The molecule has 3 N–H and O–H groups in total. The van der Waals surface area contributed by atoms with Crippen molar-refractivity contribution in [2.45, 2.75) is 401 Å². The second-order valence-electron chi connectivity index (χ2n) is 28.0. The fourth-order valence-electron chi connectivity index (χ4n) is 11.4. The quantitative estimate of drug-likeness (QED) is 0.0222. The molecule has 0 radical (unpaired) electrons. The van der Waals surface area contributed by atoms with Gasteiger partial charge in [-0.15, -0.1) is 0 Å². The summed E-state index contributed by atoms with van der Waals surface area (Å²) in [5.41, 5.74) is 0. The van der Waals surface area contributed by atoms with E-state index >= 15 is 0 Å². The lowest BCUT2D eigenvalue weighted by atomic mass is 9.99. The molecule has 0 spiro atoms. The summed E-state index contributed by atoms with van der Waals surface area (Å²) in [6.45, 7) is 11.9. The highest BCUT2D eigenvalue weighted by molar-refractivity contribution is 7.47. The maximum absolute atomic E-state index is 13.1. The van der Waals surface area contributed by atoms with Crippen LogP contribution < -0.4 is 0 Å². The van der Waals surface area contributed by atoms with Crippen LogP contribution in [-0.2, 0) is 65.4 Å². The van der Waals surface area contributed by atoms with Gasteiger partial charge in [-0.3, -0.25) is 37.3 Å². The topological polar surface area (TPSA) is 237 Å². The van der Waals surface area contributed by atoms with Crippen LogP contribution in [0.15, 0.2) is 0 Å². The summed E-state index contributed by atoms with van der Waals surface area (Å²) in [7, 11) is -9.90. The van der Waals surface area contributed by atoms with Crippen molar-refractivity contribution in [3.8, 4) is 0 Å². The number of phosphoric acid groups is 2. The van der Waals surface area contributed by atoms with Crippen molar-refractivity contribution < 1.29 is 80.2 Å². The molecule has 0 saturated heterocycles. The Morgan fingerprint density at radius 3 is 0.809 bits per heavy atom. The molecule has 0 aromatic rings. The number of carbonyl (C=O) groups excluding carboxylic acids is 4. The standard InChI is InChI=1S/C75H146O17P2/c1-8-11-12-13-32-42-49-56-72(77)85-62-70(92-75(80)59-52-45-38-31-30-35-41-48-55-68(7)10-3)64-89-93(81,82)87-60-69(76)61-88-94(83,84)90-65-71(63-86-73(78)57-50-43-36-28-25-24-26-33-39-46-53-66(4)5)91-74(79)58-51-44-37-29-23-21-19-17-15-14-16-18-20-22-27-34-40-47-54-67(6)9-2/h66-71,76H,8-65H2,1-7H3,(H,81,82)(H,83,84)/t67?,68?,69-,70+,71+/m0/s1. The lowest BCUT2D eigenvalue weighted by molar-refractivity contribution is -0.161. The lowest BCUT2D eigenvalue weighted by Gasteiger charge is -2.21. The van der Waals surface area contributed by atoms with Crippen LogP contribution in [0.3, 0.4) is 0 Å². The summed E-state index contributed by atoms with van der Waals surface area (Å²) >= 11 is 0. The van der Waals surface area contributed by atoms with Gasteiger partial charge in [0.15, 0.2) is 12.2 Å². The molecule has 0 rings (SSSR count). The zero-order chi connectivity index (χ0) is 69.4. The first-order valence-electron chi connectivity index (χ1n) is 38.9. The normalized spacial score (nSPS) is 14.7. The Balaban J connectivity index is 5.15. The van der Waals surface area contributed by atoms with E-state index in [1.165, 1.54) is 180 Å². The molecule has 0 saturated carbocycles. The van der Waals surface area contributed by atoms with Gasteiger partial charge >= 0.3 is 39.5 Å². The second kappa shape index (κ2) is 65.7. The third-order valence-electron chi connectivity index (χ3n) is 18.1. The first-order valence-corrected chi connectivity index (χ1v) is 41.9. The molecule has 0 aliphatic carbocycles. The van der Waals surface area contributed by atoms with Crippen molar-refractivity contribution in [3.05, 3.63) is 0 Å². The van der Waals surface area contributed by atoms with Crippen molar-refractivity contribution in [1.29, 1.82) is 0 Å². The number of unbranched alkanes of at least 4 members (excludes halogenated alkanes) is 39. The highest BCUT2D eigenvalue weighted by atomic mass is 31.2. The predicted octanol–water partition coefficient (Wildman–Crippen LogP) is 21.8. The van der Waals surface area contributed by atoms with E-state index in [9.17, 15) is 43.2 Å². The molecule has 19 heteroatoms. The Morgan fingerprint density at radius 2 is 0.543 bits per heavy atom. The maximum atomic E-state index is 13.1. The van der Waals surface area contributed by atoms with Crippen LogP contribution >= 0.6 is 15.6 Å². The molecule has 94 heavy (non-hydrogen) atoms. The van der Waals surface area contributed by atoms with E-state index < -0.39 is 97.5 Å². The predicted molar refractivity (Wildman–Crippen MR) is 381 cm³/mol. The Labute approximate surface area is 575 Å². The number of ether oxygens (including phenoxy) is 4. The third kappa shape index (κ3) is 66.0. The van der Waals surface area contributed by atoms with Gasteiger partial charge in [0.1, 0.15) is 19.3 Å². The zero-order valence-electron chi connectivity index (χ0n) is 61.4. The summed E-state index contributed by atoms with van der Waals surface area (Å²) in [5, 5.41) is 10.6. The van der Waals surface area contributed by atoms with Crippen molar-refractivity contribution in [1.82, 2.24) is 0 Å². The third-order valence-corrected chi connectivity index (χ3v) is 20.0. The van der Waals surface area contributed by atoms with Gasteiger partial charge in [0.05, 0.1) is 26.4 Å². The minimum Gasteiger partial charge on any atom is -0.462 e. The van der Waals surface area contributed by atoms with Gasteiger partial charge in [-0.25, -0.2) is 9.13 Å². The molecule has 0 heterocycles. The molecule has 0 bridgehead atoms. The molecule has 0 aliphatic rings. The summed E-state index contributed by atoms with van der Waals surface area (Å²) in [4.78, 5) is 72.6. The van der Waals surface area contributed by atoms with E-state index in [2.05, 4.69) is 48.5 Å². The van der Waals surface area contributed by atoms with Gasteiger partial charge in [-0.2, -0.15) is 0 Å². The minimum atomic E-state index is -4.96. The Hall–Kier alpha value is -1.94. The highest BCUT2D eigenvalue weighted by Gasteiger charge is 2.30. The zero-order valence-corrected chi connectivity index (χ0v) is 63.2. The van der Waals surface area contributed by atoms with Crippen LogP contribution in [0.4, 0.5) is 0 Å². The average molecular weight is 1380 g/mol. The van der Waals surface area contributed by atoms with E-state index in [4.69, 9.17) is 37.0 Å². The van der Waals surface area contributed by atoms with E-state index in [-0.39, 0.29) is 25.7 Å². The number of hydrogen-bond donors (Lipinski definition) is 3. The molecule has 0 fully saturated rings. The number of carbonyl (C=O) groups is 4. The maximum Gasteiger partial charge on any atom is 0.472 e. The first kappa shape index (κ1) is 92.1. The molecule has 0 aromatic carbocycles. The van der Waals surface area contributed by atoms with Crippen LogP contribution in [0.2, 0.25) is 0 Å². The summed E-state index contributed by atoms with van der Waals surface area (Å²) in [5.74, 6) is 0.273. The monoisotopic (exact) mass is 1380 g/mol. The van der Waals surface area contributed by atoms with Crippen LogP contribution in [0, 0.1) is 17.8 Å². The van der Waals surface area contributed by atoms with Crippen molar-refractivity contribution >= 4 is 39.5 Å². The lowest BCUT2D eigenvalue weighted by Crippen LogP contribution is -2.30. The number of esters is 4. The van der Waals surface area contributed by atoms with Crippen molar-refractivity contribution in [3.63, 3.8) is 0 Å². The van der Waals surface area contributed by atoms with Crippen LogP contribution in [-0.4, -0.2) is 96.7 Å². The first-order chi connectivity index (χ1) is 45.3. The summed E-state index contributed by atoms with van der Waals surface area (Å²) in [6.07, 6.45) is 51.5. The number of aliphatic hydroxyl groups excluding tert-OH is 1. The smallest absolute Gasteiger partial charge is 0.462 e.